The third kappa shape index (κ3) is 19.1. The highest BCUT2D eigenvalue weighted by Crippen LogP contribution is 2.70. The van der Waals surface area contributed by atoms with Crippen LogP contribution in [-0.4, -0.2) is 158 Å². The van der Waals surface area contributed by atoms with Gasteiger partial charge in [-0.3, -0.25) is 28.3 Å². The smallest absolute Gasteiger partial charge is 0.435 e. The topological polar surface area (TPSA) is 260 Å². The summed E-state index contributed by atoms with van der Waals surface area (Å²) in [5.41, 5.74) is -3.69. The van der Waals surface area contributed by atoms with Crippen LogP contribution in [0.1, 0.15) is 149 Å². The van der Waals surface area contributed by atoms with Crippen LogP contribution in [0.3, 0.4) is 0 Å². The molecule has 4 aliphatic carbocycles. The predicted molar refractivity (Wildman–Crippen MR) is 428 cm³/mol. The van der Waals surface area contributed by atoms with Crippen molar-refractivity contribution in [3.63, 3.8) is 0 Å². The summed E-state index contributed by atoms with van der Waals surface area (Å²) in [7, 11) is -4.08. The Labute approximate surface area is 715 Å². The van der Waals surface area contributed by atoms with E-state index >= 15 is 17.6 Å². The lowest BCUT2D eigenvalue weighted by molar-refractivity contribution is -0.143. The number of hydrogen-bond acceptors (Lipinski definition) is 17. The SMILES string of the molecule is Cn1nc(CS(C)(=O)=O)c2c(Cl)ccc(-c3ccc(C#CC4CN(C(=O)OC(C)(C)C)CCO4)nc3[C@@H](CC(=O)Cn3nc(C(F)(F)F)c4c3C(F)(F)[C@@H]3C[C@H]43)Cc3cc(F)cc(F)c3)c21.Cn1nc(CS(C)(=O)=O)c2c(Cl)ccc(-c3ccc(C#CC4CNCCO4)nc3[C@@H](CC(=O)Cn3nc(C(F)(F)F)c4c3C(F)(F)[C@@H]3C[C@H]43)Cc3cc(F)cc(F)c3)c21. The molecule has 1 N–H and O–H groups in total. The molecule has 6 aromatic heterocycles. The van der Waals surface area contributed by atoms with Gasteiger partial charge < -0.3 is 24.4 Å². The average molecular weight is 1830 g/mol. The first kappa shape index (κ1) is 89.5. The Balaban J connectivity index is 0.000000194. The maximum atomic E-state index is 15.6. The molecular formula is C85H76Cl2F14N12O10S2. The van der Waals surface area contributed by atoms with Crippen molar-refractivity contribution in [1.82, 2.24) is 59.3 Å². The quantitative estimate of drug-likeness (QED) is 0.0549. The van der Waals surface area contributed by atoms with E-state index in [1.165, 1.54) is 32.5 Å². The summed E-state index contributed by atoms with van der Waals surface area (Å²) in [5, 5.41) is 20.0. The number of carbonyl (C=O) groups is 3. The van der Waals surface area contributed by atoms with Crippen LogP contribution in [0.25, 0.3) is 44.1 Å². The van der Waals surface area contributed by atoms with Gasteiger partial charge in [0.15, 0.2) is 42.6 Å². The van der Waals surface area contributed by atoms with Crippen molar-refractivity contribution in [1.29, 1.82) is 0 Å². The van der Waals surface area contributed by atoms with Crippen molar-refractivity contribution in [2.45, 2.75) is 150 Å². The fraction of sp³-hybridized carbons (Fsp3) is 0.424. The summed E-state index contributed by atoms with van der Waals surface area (Å²) >= 11 is 13.3. The second-order valence-electron chi connectivity index (χ2n) is 33.1. The van der Waals surface area contributed by atoms with Gasteiger partial charge in [0, 0.05) is 139 Å². The Morgan fingerprint density at radius 3 is 1.38 bits per heavy atom. The molecule has 660 valence electrons. The highest BCUT2D eigenvalue weighted by Gasteiger charge is 2.70. The van der Waals surface area contributed by atoms with E-state index in [2.05, 4.69) is 49.4 Å². The average Bonchev–Trinajstić information content (AvgIpc) is 1.52. The van der Waals surface area contributed by atoms with Gasteiger partial charge in [-0.05, 0) is 142 Å². The molecule has 2 saturated heterocycles. The van der Waals surface area contributed by atoms with Gasteiger partial charge >= 0.3 is 18.4 Å². The number of nitrogens with one attached hydrogen (secondary N) is 1. The molecule has 8 atom stereocenters. The van der Waals surface area contributed by atoms with Crippen LogP contribution in [0.15, 0.2) is 84.9 Å². The summed E-state index contributed by atoms with van der Waals surface area (Å²) in [5.74, 6) is -8.78. The zero-order valence-electron chi connectivity index (χ0n) is 67.4. The molecule has 16 rings (SSSR count). The largest absolute Gasteiger partial charge is 0.444 e. The summed E-state index contributed by atoms with van der Waals surface area (Å²) in [6, 6.07) is 18.1. The van der Waals surface area contributed by atoms with Crippen LogP contribution < -0.4 is 5.32 Å². The van der Waals surface area contributed by atoms with E-state index in [1.807, 2.05) is 0 Å². The van der Waals surface area contributed by atoms with Crippen LogP contribution >= 0.6 is 23.2 Å². The van der Waals surface area contributed by atoms with Gasteiger partial charge in [-0.25, -0.2) is 49.2 Å². The molecule has 4 aromatic carbocycles. The number of amides is 1. The van der Waals surface area contributed by atoms with Gasteiger partial charge in [0.25, 0.3) is 11.8 Å². The van der Waals surface area contributed by atoms with Crippen molar-refractivity contribution in [3.8, 4) is 45.9 Å². The highest BCUT2D eigenvalue weighted by atomic mass is 35.5. The van der Waals surface area contributed by atoms with Crippen LogP contribution in [-0.2, 0) is 119 Å². The van der Waals surface area contributed by atoms with E-state index < -0.39 is 209 Å². The molecule has 0 bridgehead atoms. The maximum absolute atomic E-state index is 15.6. The number of fused-ring (bicyclic) bond motifs is 8. The molecule has 4 fully saturated rings. The zero-order chi connectivity index (χ0) is 90.0. The van der Waals surface area contributed by atoms with Crippen molar-refractivity contribution in [3.05, 3.63) is 197 Å². The number of hydrogen-bond donors (Lipinski definition) is 1. The molecule has 0 radical (unpaired) electrons. The van der Waals surface area contributed by atoms with E-state index in [4.69, 9.17) is 47.4 Å². The minimum absolute atomic E-state index is 0.0436. The minimum atomic E-state index is -5.08. The molecule has 10 aromatic rings. The normalized spacial score (nSPS) is 19.8. The van der Waals surface area contributed by atoms with E-state index in [1.54, 1.807) is 65.2 Å². The number of pyridine rings is 2. The number of Topliss-reactive ketones (excluding diaryl/α,β-unsaturated/α-hetero) is 2. The molecule has 40 heteroatoms. The molecule has 8 heterocycles. The van der Waals surface area contributed by atoms with Crippen molar-refractivity contribution < 1.29 is 107 Å². The molecule has 125 heavy (non-hydrogen) atoms. The van der Waals surface area contributed by atoms with Gasteiger partial charge in [-0.2, -0.15) is 64.3 Å². The van der Waals surface area contributed by atoms with Gasteiger partial charge in [0.05, 0.1) is 75.1 Å². The molecule has 0 spiro atoms. The second-order valence-corrected chi connectivity index (χ2v) is 38.2. The first-order chi connectivity index (χ1) is 58.5. The second kappa shape index (κ2) is 33.4. The summed E-state index contributed by atoms with van der Waals surface area (Å²) in [6.07, 6.45) is -11.9. The third-order valence-electron chi connectivity index (χ3n) is 22.2. The molecule has 2 aliphatic heterocycles. The van der Waals surface area contributed by atoms with E-state index in [9.17, 15) is 75.1 Å². The third-order valence-corrected chi connectivity index (χ3v) is 24.4. The first-order valence-corrected chi connectivity index (χ1v) is 44.1. The molecule has 2 saturated carbocycles. The number of benzene rings is 4. The number of ketones is 2. The number of aryl methyl sites for hydroxylation is 2. The maximum Gasteiger partial charge on any atom is 0.435 e. The van der Waals surface area contributed by atoms with Crippen LogP contribution in [0.2, 0.25) is 10.0 Å². The Kier molecular flexibility index (Phi) is 23.9. The van der Waals surface area contributed by atoms with Crippen LogP contribution in [0.5, 0.6) is 0 Å². The summed E-state index contributed by atoms with van der Waals surface area (Å²) in [6.45, 7) is 5.16. The van der Waals surface area contributed by atoms with E-state index in [0.717, 1.165) is 36.8 Å². The fourth-order valence-corrected chi connectivity index (χ4v) is 19.1. The minimum Gasteiger partial charge on any atom is -0.444 e. The monoisotopic (exact) mass is 1820 g/mol. The van der Waals surface area contributed by atoms with Gasteiger partial charge in [0.2, 0.25) is 0 Å². The van der Waals surface area contributed by atoms with E-state index in [0.29, 0.717) is 79.9 Å². The van der Waals surface area contributed by atoms with Crippen molar-refractivity contribution in [2.75, 3.05) is 51.9 Å². The number of carbonyl (C=O) groups excluding carboxylic acids is 3. The number of morpholine rings is 2. The van der Waals surface area contributed by atoms with Gasteiger partial charge in [-0.1, -0.05) is 47.2 Å². The molecular weight excluding hydrogens is 1750 g/mol. The van der Waals surface area contributed by atoms with Crippen molar-refractivity contribution in [2.24, 2.45) is 25.9 Å². The number of rotatable bonds is 20. The first-order valence-electron chi connectivity index (χ1n) is 39.2. The summed E-state index contributed by atoms with van der Waals surface area (Å²) in [4.78, 5) is 52.3. The summed E-state index contributed by atoms with van der Waals surface area (Å²) < 4.78 is 276. The lowest BCUT2D eigenvalue weighted by Crippen LogP contribution is -2.47. The Bertz CT molecular complexity index is 6400. The molecule has 22 nitrogen and oxygen atoms in total. The zero-order valence-corrected chi connectivity index (χ0v) is 70.5. The highest BCUT2D eigenvalue weighted by molar-refractivity contribution is 7.90. The molecule has 2 unspecified atom stereocenters. The Morgan fingerprint density at radius 1 is 0.584 bits per heavy atom. The standard InChI is InChI=1S/C45H42ClF7N6O6S.C40H34ClF7N6O4S/c1-43(2,3)65-42(61)58-12-13-64-29(21-58)8-6-27-7-9-30(31-10-11-34(46)37-35(22-66(5,62)63)55-57(4)39(31)37)38(54-27)24(14-23-15-25(47)18-26(48)16-23)17-28(60)20-59-41-36(40(56-59)45(51,52)53)32-19-33(32)44(41,49)50;1-53-36-28(7-8-31(41)34(36)32(51-53)19-59(2,56)57)27-6-4-24(3-5-26-17-49-9-10-58-26)50-35(27)21(11-20-12-22(42)15-23(43)13-20)14-25(55)18-54-38-33(37(52-54)40(46,47)48)29-16-30(29)39(38,44)45/h7,9-11,15-16,18,24,29,32-33H,12-14,17,19-22H2,1-5H3;4,6-8,12-13,15,21,26,29-30,49H,9-11,14,16-19H2,1-2H3/t24-,29?,32+,33-;21-,26?,29+,30-/m11/s1. The van der Waals surface area contributed by atoms with Crippen molar-refractivity contribution >= 4 is 82.3 Å². The number of ether oxygens (including phenoxy) is 3. The molecule has 6 aliphatic rings. The van der Waals surface area contributed by atoms with Crippen LogP contribution in [0, 0.1) is 58.8 Å². The number of alkyl halides is 10. The molecule has 1 amide bonds. The lowest BCUT2D eigenvalue weighted by Gasteiger charge is -2.32. The lowest BCUT2D eigenvalue weighted by atomic mass is 9.86. The fourth-order valence-electron chi connectivity index (χ4n) is 17.2. The Hall–Kier alpha value is -10.4. The number of aromatic nitrogens is 10. The number of nitrogens with zero attached hydrogens (tertiary/aromatic N) is 11. The number of sulfone groups is 2. The Morgan fingerprint density at radius 2 is 0.992 bits per heavy atom. The van der Waals surface area contributed by atoms with E-state index in [-0.39, 0.29) is 106 Å². The van der Waals surface area contributed by atoms with Gasteiger partial charge in [0.1, 0.15) is 76.9 Å². The predicted octanol–water partition coefficient (Wildman–Crippen LogP) is 15.4. The van der Waals surface area contributed by atoms with Gasteiger partial charge in [-0.15, -0.1) is 0 Å². The van der Waals surface area contributed by atoms with Crippen LogP contribution in [0.4, 0.5) is 66.3 Å². The number of halogens is 16.